The third-order valence-electron chi connectivity index (χ3n) is 5.39. The number of ether oxygens (including phenoxy) is 1. The standard InChI is InChI=1S/C25H24ClN3O3S/c1-5-32-24(31)21-15(2)27-25-29(22(21)17-9-11-19(12-10-17)28(3)4)23(30)20(33-25)14-16-7-6-8-18(26)13-16/h6-14,22H,5H2,1-4H3/b20-14+/t22-/m0/s1. The topological polar surface area (TPSA) is 63.9 Å². The zero-order valence-corrected chi connectivity index (χ0v) is 20.4. The average Bonchev–Trinajstić information content (AvgIpc) is 3.07. The van der Waals surface area contributed by atoms with Crippen molar-refractivity contribution in [3.63, 3.8) is 0 Å². The Kier molecular flexibility index (Phi) is 6.54. The van der Waals surface area contributed by atoms with Gasteiger partial charge in [0.2, 0.25) is 0 Å². The van der Waals surface area contributed by atoms with Crippen molar-refractivity contribution in [2.24, 2.45) is 4.99 Å². The van der Waals surface area contributed by atoms with Crippen LogP contribution in [0.3, 0.4) is 0 Å². The van der Waals surface area contributed by atoms with Gasteiger partial charge in [-0.25, -0.2) is 9.79 Å². The van der Waals surface area contributed by atoms with Crippen molar-refractivity contribution in [1.82, 2.24) is 4.57 Å². The first kappa shape index (κ1) is 23.0. The smallest absolute Gasteiger partial charge is 0.338 e. The summed E-state index contributed by atoms with van der Waals surface area (Å²) in [6, 6.07) is 14.5. The maximum absolute atomic E-state index is 13.6. The molecule has 0 amide bonds. The van der Waals surface area contributed by atoms with Crippen LogP contribution in [-0.2, 0) is 9.53 Å². The molecule has 0 saturated heterocycles. The molecule has 8 heteroatoms. The number of carbonyl (C=O) groups excluding carboxylic acids is 1. The molecule has 2 heterocycles. The van der Waals surface area contributed by atoms with Gasteiger partial charge in [-0.2, -0.15) is 0 Å². The van der Waals surface area contributed by atoms with E-state index in [-0.39, 0.29) is 12.2 Å². The number of nitrogens with zero attached hydrogens (tertiary/aromatic N) is 3. The van der Waals surface area contributed by atoms with Crippen LogP contribution < -0.4 is 19.8 Å². The van der Waals surface area contributed by atoms with Crippen molar-refractivity contribution in [3.05, 3.63) is 95.6 Å². The maximum atomic E-state index is 13.6. The molecule has 170 valence electrons. The molecule has 0 spiro atoms. The van der Waals surface area contributed by atoms with E-state index in [2.05, 4.69) is 4.99 Å². The van der Waals surface area contributed by atoms with Crippen LogP contribution in [-0.4, -0.2) is 31.2 Å². The van der Waals surface area contributed by atoms with Gasteiger partial charge in [-0.1, -0.05) is 47.2 Å². The molecule has 1 aliphatic heterocycles. The number of benzene rings is 2. The summed E-state index contributed by atoms with van der Waals surface area (Å²) in [6.45, 7) is 3.78. The molecule has 0 N–H and O–H groups in total. The molecule has 3 aromatic rings. The summed E-state index contributed by atoms with van der Waals surface area (Å²) in [4.78, 5) is 33.6. The van der Waals surface area contributed by atoms with Crippen LogP contribution in [0.25, 0.3) is 6.08 Å². The van der Waals surface area contributed by atoms with Crippen molar-refractivity contribution in [2.75, 3.05) is 25.6 Å². The number of esters is 1. The Morgan fingerprint density at radius 2 is 1.97 bits per heavy atom. The highest BCUT2D eigenvalue weighted by atomic mass is 35.5. The zero-order valence-electron chi connectivity index (χ0n) is 18.8. The highest BCUT2D eigenvalue weighted by molar-refractivity contribution is 7.07. The van der Waals surface area contributed by atoms with Crippen LogP contribution >= 0.6 is 22.9 Å². The van der Waals surface area contributed by atoms with Crippen molar-refractivity contribution >= 4 is 40.7 Å². The predicted molar refractivity (Wildman–Crippen MR) is 133 cm³/mol. The summed E-state index contributed by atoms with van der Waals surface area (Å²) in [5.74, 6) is -0.468. The Morgan fingerprint density at radius 1 is 1.24 bits per heavy atom. The second-order valence-electron chi connectivity index (χ2n) is 7.84. The van der Waals surface area contributed by atoms with Crippen molar-refractivity contribution < 1.29 is 9.53 Å². The summed E-state index contributed by atoms with van der Waals surface area (Å²) in [6.07, 6.45) is 1.80. The van der Waals surface area contributed by atoms with Gasteiger partial charge in [0.15, 0.2) is 4.80 Å². The number of aromatic nitrogens is 1. The van der Waals surface area contributed by atoms with Gasteiger partial charge in [0, 0.05) is 24.8 Å². The summed E-state index contributed by atoms with van der Waals surface area (Å²) >= 11 is 7.40. The van der Waals surface area contributed by atoms with Crippen LogP contribution in [0.5, 0.6) is 0 Å². The minimum atomic E-state index is -0.627. The molecule has 6 nitrogen and oxygen atoms in total. The van der Waals surface area contributed by atoms with Gasteiger partial charge in [-0.15, -0.1) is 0 Å². The van der Waals surface area contributed by atoms with Crippen LogP contribution in [0.15, 0.2) is 69.6 Å². The largest absolute Gasteiger partial charge is 0.463 e. The van der Waals surface area contributed by atoms with Crippen LogP contribution in [0.4, 0.5) is 5.69 Å². The summed E-state index contributed by atoms with van der Waals surface area (Å²) < 4.78 is 7.44. The van der Waals surface area contributed by atoms with Crippen molar-refractivity contribution in [2.45, 2.75) is 19.9 Å². The number of halogens is 1. The summed E-state index contributed by atoms with van der Waals surface area (Å²) in [5, 5.41) is 0.593. The van der Waals surface area contributed by atoms with Crippen molar-refractivity contribution in [1.29, 1.82) is 0 Å². The first-order valence-corrected chi connectivity index (χ1v) is 11.7. The van der Waals surface area contributed by atoms with E-state index in [1.54, 1.807) is 36.6 Å². The molecule has 0 radical (unpaired) electrons. The maximum Gasteiger partial charge on any atom is 0.338 e. The minimum absolute atomic E-state index is 0.213. The average molecular weight is 482 g/mol. The van der Waals surface area contributed by atoms with E-state index in [0.717, 1.165) is 16.8 Å². The number of fused-ring (bicyclic) bond motifs is 1. The lowest BCUT2D eigenvalue weighted by atomic mass is 9.95. The normalized spacial score (nSPS) is 15.8. The zero-order chi connectivity index (χ0) is 23.7. The monoisotopic (exact) mass is 481 g/mol. The van der Waals surface area contributed by atoms with Crippen LogP contribution in [0, 0.1) is 0 Å². The lowest BCUT2D eigenvalue weighted by Crippen LogP contribution is -2.39. The quantitative estimate of drug-likeness (QED) is 0.523. The number of thiazole rings is 1. The molecule has 0 bridgehead atoms. The molecular formula is C25H24ClN3O3S. The Labute approximate surface area is 200 Å². The Balaban J connectivity index is 1.94. The highest BCUT2D eigenvalue weighted by Gasteiger charge is 2.33. The minimum Gasteiger partial charge on any atom is -0.463 e. The number of rotatable bonds is 5. The molecular weight excluding hydrogens is 458 g/mol. The highest BCUT2D eigenvalue weighted by Crippen LogP contribution is 2.31. The number of allylic oxidation sites excluding steroid dienone is 1. The molecule has 1 aromatic heterocycles. The third-order valence-corrected chi connectivity index (χ3v) is 6.61. The van der Waals surface area contributed by atoms with E-state index >= 15 is 0 Å². The van der Waals surface area contributed by atoms with Gasteiger partial charge < -0.3 is 9.64 Å². The fourth-order valence-electron chi connectivity index (χ4n) is 3.81. The third kappa shape index (κ3) is 4.51. The Bertz CT molecular complexity index is 1420. The summed E-state index contributed by atoms with van der Waals surface area (Å²) in [5.41, 5.74) is 3.36. The lowest BCUT2D eigenvalue weighted by molar-refractivity contribution is -0.139. The van der Waals surface area contributed by atoms with Gasteiger partial charge in [-0.3, -0.25) is 9.36 Å². The van der Waals surface area contributed by atoms with Gasteiger partial charge in [0.1, 0.15) is 0 Å². The van der Waals surface area contributed by atoms with E-state index in [0.29, 0.717) is 25.6 Å². The van der Waals surface area contributed by atoms with E-state index in [4.69, 9.17) is 16.3 Å². The molecule has 4 rings (SSSR count). The molecule has 0 aliphatic carbocycles. The van der Waals surface area contributed by atoms with Gasteiger partial charge in [-0.05, 0) is 55.3 Å². The van der Waals surface area contributed by atoms with Crippen LogP contribution in [0.1, 0.15) is 31.0 Å². The van der Waals surface area contributed by atoms with E-state index < -0.39 is 12.0 Å². The lowest BCUT2D eigenvalue weighted by Gasteiger charge is -2.25. The number of anilines is 1. The fourth-order valence-corrected chi connectivity index (χ4v) is 5.05. The number of hydrogen-bond acceptors (Lipinski definition) is 6. The second-order valence-corrected chi connectivity index (χ2v) is 9.29. The van der Waals surface area contributed by atoms with E-state index in [1.165, 1.54) is 11.3 Å². The number of hydrogen-bond donors (Lipinski definition) is 0. The molecule has 0 unspecified atom stereocenters. The molecule has 0 saturated carbocycles. The SMILES string of the molecule is CCOC(=O)C1=C(C)N=c2s/c(=C/c3cccc(Cl)c3)c(=O)n2[C@H]1c1ccc(N(C)C)cc1. The molecule has 0 fully saturated rings. The van der Waals surface area contributed by atoms with Crippen LogP contribution in [0.2, 0.25) is 5.02 Å². The van der Waals surface area contributed by atoms with Crippen molar-refractivity contribution in [3.8, 4) is 0 Å². The first-order valence-electron chi connectivity index (χ1n) is 10.5. The molecule has 1 atom stereocenters. The van der Waals surface area contributed by atoms with Gasteiger partial charge in [0.05, 0.1) is 28.5 Å². The van der Waals surface area contributed by atoms with Gasteiger partial charge >= 0.3 is 5.97 Å². The Hall–Kier alpha value is -3.16. The fraction of sp³-hybridized carbons (Fsp3) is 0.240. The summed E-state index contributed by atoms with van der Waals surface area (Å²) in [7, 11) is 3.92. The molecule has 2 aromatic carbocycles. The van der Waals surface area contributed by atoms with E-state index in [9.17, 15) is 9.59 Å². The Morgan fingerprint density at radius 3 is 2.61 bits per heavy atom. The first-order chi connectivity index (χ1) is 15.8. The van der Waals surface area contributed by atoms with E-state index in [1.807, 2.05) is 55.4 Å². The van der Waals surface area contributed by atoms with Gasteiger partial charge in [0.25, 0.3) is 5.56 Å². The molecule has 1 aliphatic rings. The molecule has 33 heavy (non-hydrogen) atoms. The second kappa shape index (κ2) is 9.37. The predicted octanol–water partition coefficient (Wildman–Crippen LogP) is 3.52. The number of carbonyl (C=O) groups is 1.